The van der Waals surface area contributed by atoms with Crippen LogP contribution >= 0.6 is 0 Å². The van der Waals surface area contributed by atoms with Gasteiger partial charge in [-0.15, -0.1) is 0 Å². The van der Waals surface area contributed by atoms with Crippen molar-refractivity contribution in [3.8, 4) is 0 Å². The van der Waals surface area contributed by atoms with Crippen molar-refractivity contribution in [2.24, 2.45) is 0 Å². The summed E-state index contributed by atoms with van der Waals surface area (Å²) in [6.07, 6.45) is 2.02. The van der Waals surface area contributed by atoms with Gasteiger partial charge in [-0.1, -0.05) is 6.08 Å². The first kappa shape index (κ1) is 7.91. The average Bonchev–Trinajstić information content (AvgIpc) is 1.86. The summed E-state index contributed by atoms with van der Waals surface area (Å²) in [4.78, 5) is 10.2. The number of hydrogen-bond acceptors (Lipinski definition) is 1. The highest BCUT2D eigenvalue weighted by Crippen LogP contribution is 2.26. The Morgan fingerprint density at radius 1 is 1.64 bits per heavy atom. The summed E-state index contributed by atoms with van der Waals surface area (Å²) in [5.74, 6) is -4.05. The van der Waals surface area contributed by atoms with Crippen LogP contribution in [0, 0.1) is 0 Å². The number of rotatable bonds is 1. The van der Waals surface area contributed by atoms with E-state index in [0.717, 1.165) is 12.2 Å². The maximum Gasteiger partial charge on any atom is 0.335 e. The van der Waals surface area contributed by atoms with Crippen LogP contribution in [0.5, 0.6) is 0 Å². The van der Waals surface area contributed by atoms with Crippen LogP contribution in [0.2, 0.25) is 0 Å². The Morgan fingerprint density at radius 2 is 2.27 bits per heavy atom. The van der Waals surface area contributed by atoms with Crippen LogP contribution in [0.4, 0.5) is 8.78 Å². The van der Waals surface area contributed by atoms with Gasteiger partial charge in [0, 0.05) is 6.42 Å². The summed E-state index contributed by atoms with van der Waals surface area (Å²) in [6, 6.07) is 0. The molecule has 0 aromatic carbocycles. The maximum absolute atomic E-state index is 12.3. The summed E-state index contributed by atoms with van der Waals surface area (Å²) in [7, 11) is 0. The molecule has 1 N–H and O–H groups in total. The van der Waals surface area contributed by atoms with Crippen LogP contribution < -0.4 is 0 Å². The zero-order valence-electron chi connectivity index (χ0n) is 5.55. The Bertz CT molecular complexity index is 241. The second-order valence-corrected chi connectivity index (χ2v) is 2.26. The Hall–Kier alpha value is -1.19. The minimum absolute atomic E-state index is 0.0732. The third-order valence-corrected chi connectivity index (χ3v) is 1.35. The van der Waals surface area contributed by atoms with Crippen molar-refractivity contribution >= 4 is 5.97 Å². The molecule has 0 spiro atoms. The van der Waals surface area contributed by atoms with Crippen LogP contribution in [0.25, 0.3) is 0 Å². The summed E-state index contributed by atoms with van der Waals surface area (Å²) in [6.45, 7) is 0. The van der Waals surface area contributed by atoms with E-state index in [2.05, 4.69) is 0 Å². The number of carbonyl (C=O) groups is 1. The molecule has 1 aliphatic carbocycles. The molecule has 0 fully saturated rings. The van der Waals surface area contributed by atoms with Crippen molar-refractivity contribution in [2.45, 2.75) is 12.3 Å². The number of alkyl halides is 2. The van der Waals surface area contributed by atoms with Crippen molar-refractivity contribution < 1.29 is 18.7 Å². The van der Waals surface area contributed by atoms with E-state index < -0.39 is 18.3 Å². The fourth-order valence-corrected chi connectivity index (χ4v) is 0.752. The average molecular weight is 160 g/mol. The van der Waals surface area contributed by atoms with E-state index in [9.17, 15) is 13.6 Å². The van der Waals surface area contributed by atoms with E-state index in [-0.39, 0.29) is 5.57 Å². The smallest absolute Gasteiger partial charge is 0.335 e. The van der Waals surface area contributed by atoms with Gasteiger partial charge in [-0.05, 0) is 12.2 Å². The van der Waals surface area contributed by atoms with Crippen LogP contribution in [0.3, 0.4) is 0 Å². The van der Waals surface area contributed by atoms with Crippen molar-refractivity contribution in [1.82, 2.24) is 0 Å². The van der Waals surface area contributed by atoms with Gasteiger partial charge in [-0.3, -0.25) is 0 Å². The summed E-state index contributed by atoms with van der Waals surface area (Å²) in [5, 5.41) is 8.34. The van der Waals surface area contributed by atoms with Gasteiger partial charge < -0.3 is 5.11 Å². The van der Waals surface area contributed by atoms with Gasteiger partial charge >= 0.3 is 5.97 Å². The molecule has 0 unspecified atom stereocenters. The lowest BCUT2D eigenvalue weighted by molar-refractivity contribution is -0.132. The van der Waals surface area contributed by atoms with Crippen LogP contribution in [-0.2, 0) is 4.79 Å². The normalized spacial score (nSPS) is 21.1. The Labute approximate surface area is 61.8 Å². The van der Waals surface area contributed by atoms with E-state index >= 15 is 0 Å². The number of aliphatic carboxylic acids is 1. The third kappa shape index (κ3) is 1.86. The van der Waals surface area contributed by atoms with Crippen molar-refractivity contribution in [3.63, 3.8) is 0 Å². The molecule has 0 saturated heterocycles. The summed E-state index contributed by atoms with van der Waals surface area (Å²) in [5.41, 5.74) is -0.0732. The SMILES string of the molecule is O=C(O)C1=CCC(F)(F)C=C1. The molecule has 0 aliphatic heterocycles. The van der Waals surface area contributed by atoms with Crippen LogP contribution in [0.15, 0.2) is 23.8 Å². The molecule has 1 aliphatic rings. The second-order valence-electron chi connectivity index (χ2n) is 2.26. The fourth-order valence-electron chi connectivity index (χ4n) is 0.752. The molecule has 0 bridgehead atoms. The first-order valence-corrected chi connectivity index (χ1v) is 3.02. The number of halogens is 2. The van der Waals surface area contributed by atoms with Crippen molar-refractivity contribution in [3.05, 3.63) is 23.8 Å². The quantitative estimate of drug-likeness (QED) is 0.632. The van der Waals surface area contributed by atoms with Crippen LogP contribution in [0.1, 0.15) is 6.42 Å². The summed E-state index contributed by atoms with van der Waals surface area (Å²) < 4.78 is 24.6. The largest absolute Gasteiger partial charge is 0.478 e. The van der Waals surface area contributed by atoms with Crippen LogP contribution in [-0.4, -0.2) is 17.0 Å². The monoisotopic (exact) mass is 160 g/mol. The predicted molar refractivity (Wildman–Crippen MR) is 34.4 cm³/mol. The van der Waals surface area contributed by atoms with E-state index in [1.165, 1.54) is 0 Å². The Morgan fingerprint density at radius 3 is 2.64 bits per heavy atom. The van der Waals surface area contributed by atoms with E-state index in [4.69, 9.17) is 5.11 Å². The topological polar surface area (TPSA) is 37.3 Å². The lowest BCUT2D eigenvalue weighted by Crippen LogP contribution is -2.15. The minimum atomic E-state index is -2.88. The summed E-state index contributed by atoms with van der Waals surface area (Å²) >= 11 is 0. The number of allylic oxidation sites excluding steroid dienone is 2. The zero-order valence-corrected chi connectivity index (χ0v) is 5.55. The minimum Gasteiger partial charge on any atom is -0.478 e. The first-order valence-electron chi connectivity index (χ1n) is 3.02. The molecule has 1 rings (SSSR count). The lowest BCUT2D eigenvalue weighted by atomic mass is 10.0. The highest BCUT2D eigenvalue weighted by atomic mass is 19.3. The molecule has 0 aromatic heterocycles. The number of hydrogen-bond donors (Lipinski definition) is 1. The van der Waals surface area contributed by atoms with Gasteiger partial charge in [-0.2, -0.15) is 0 Å². The van der Waals surface area contributed by atoms with E-state index in [1.54, 1.807) is 0 Å². The van der Waals surface area contributed by atoms with E-state index in [1.807, 2.05) is 0 Å². The highest BCUT2D eigenvalue weighted by molar-refractivity contribution is 5.90. The molecular formula is C7H6F2O2. The number of carboxylic acid groups (broad SMARTS) is 1. The van der Waals surface area contributed by atoms with Crippen molar-refractivity contribution in [2.75, 3.05) is 0 Å². The Balaban J connectivity index is 2.75. The standard InChI is InChI=1S/C7H6F2O2/c8-7(9)3-1-5(2-4-7)6(10)11/h1-3H,4H2,(H,10,11). The van der Waals surface area contributed by atoms with Crippen molar-refractivity contribution in [1.29, 1.82) is 0 Å². The molecule has 0 aromatic rings. The second kappa shape index (κ2) is 2.45. The lowest BCUT2D eigenvalue weighted by Gasteiger charge is -2.12. The zero-order chi connectivity index (χ0) is 8.48. The molecule has 0 radical (unpaired) electrons. The number of carboxylic acids is 1. The van der Waals surface area contributed by atoms with Gasteiger partial charge in [0.2, 0.25) is 0 Å². The highest BCUT2D eigenvalue weighted by Gasteiger charge is 2.27. The van der Waals surface area contributed by atoms with Gasteiger partial charge in [0.1, 0.15) is 0 Å². The molecular weight excluding hydrogens is 154 g/mol. The van der Waals surface area contributed by atoms with Gasteiger partial charge in [0.15, 0.2) is 0 Å². The molecule has 0 saturated carbocycles. The molecule has 4 heteroatoms. The first-order chi connectivity index (χ1) is 5.01. The van der Waals surface area contributed by atoms with Gasteiger partial charge in [0.25, 0.3) is 5.92 Å². The maximum atomic E-state index is 12.3. The molecule has 2 nitrogen and oxygen atoms in total. The van der Waals surface area contributed by atoms with Gasteiger partial charge in [0.05, 0.1) is 5.57 Å². The fraction of sp³-hybridized carbons (Fsp3) is 0.286. The molecule has 11 heavy (non-hydrogen) atoms. The van der Waals surface area contributed by atoms with E-state index in [0.29, 0.717) is 6.08 Å². The predicted octanol–water partition coefficient (Wildman–Crippen LogP) is 1.59. The molecule has 60 valence electrons. The Kier molecular flexibility index (Phi) is 1.76. The molecule has 0 atom stereocenters. The third-order valence-electron chi connectivity index (χ3n) is 1.35. The van der Waals surface area contributed by atoms with Gasteiger partial charge in [-0.25, -0.2) is 13.6 Å². The molecule has 0 amide bonds. The molecule has 0 heterocycles.